The Kier molecular flexibility index (Phi) is 5.88. The molecule has 132 valence electrons. The predicted molar refractivity (Wildman–Crippen MR) is 92.8 cm³/mol. The number of carbonyl (C=O) groups is 2. The molecule has 0 heterocycles. The van der Waals surface area contributed by atoms with Crippen LogP contribution in [0.1, 0.15) is 22.8 Å². The first-order valence-electron chi connectivity index (χ1n) is 7.28. The second-order valence-corrected chi connectivity index (χ2v) is 5.52. The molecule has 1 atom stereocenters. The van der Waals surface area contributed by atoms with E-state index in [2.05, 4.69) is 5.32 Å². The lowest BCUT2D eigenvalue weighted by atomic mass is 10.2. The van der Waals surface area contributed by atoms with Crippen molar-refractivity contribution in [2.45, 2.75) is 13.0 Å². The van der Waals surface area contributed by atoms with Crippen LogP contribution in [0.25, 0.3) is 0 Å². The summed E-state index contributed by atoms with van der Waals surface area (Å²) >= 11 is 5.88. The summed E-state index contributed by atoms with van der Waals surface area (Å²) in [6, 6.07) is 11.5. The normalized spacial score (nSPS) is 11.1. The first-order valence-corrected chi connectivity index (χ1v) is 7.66. The third kappa shape index (κ3) is 4.34. The zero-order valence-corrected chi connectivity index (χ0v) is 14.2. The largest absolute Gasteiger partial charge is 0.449 e. The lowest BCUT2D eigenvalue weighted by Crippen LogP contribution is -2.30. The Hall–Kier alpha value is -3.44. The standard InChI is InChI=1S/C17H12ClN3O5/c1-10(16(22)20-12-7-6-11(9-19)14(18)8-12)26-17(23)13-4-2-3-5-15(13)21(24)25/h2-8,10H,1H3,(H,20,22)/t10-/m0/s1. The molecule has 1 amide bonds. The van der Waals surface area contributed by atoms with Gasteiger partial charge < -0.3 is 10.1 Å². The fraction of sp³-hybridized carbons (Fsp3) is 0.118. The zero-order chi connectivity index (χ0) is 19.3. The summed E-state index contributed by atoms with van der Waals surface area (Å²) in [6.45, 7) is 1.33. The van der Waals surface area contributed by atoms with Crippen LogP contribution in [0, 0.1) is 21.4 Å². The summed E-state index contributed by atoms with van der Waals surface area (Å²) in [7, 11) is 0. The topological polar surface area (TPSA) is 122 Å². The average molecular weight is 374 g/mol. The minimum Gasteiger partial charge on any atom is -0.449 e. The van der Waals surface area contributed by atoms with Crippen LogP contribution in [0.5, 0.6) is 0 Å². The molecule has 2 aromatic carbocycles. The van der Waals surface area contributed by atoms with Crippen molar-refractivity contribution in [1.82, 2.24) is 0 Å². The number of ether oxygens (including phenoxy) is 1. The Bertz CT molecular complexity index is 923. The van der Waals surface area contributed by atoms with Crippen molar-refractivity contribution in [3.8, 4) is 6.07 Å². The lowest BCUT2D eigenvalue weighted by molar-refractivity contribution is -0.385. The Balaban J connectivity index is 2.08. The minimum atomic E-state index is -1.21. The highest BCUT2D eigenvalue weighted by atomic mass is 35.5. The fourth-order valence-corrected chi connectivity index (χ4v) is 2.23. The van der Waals surface area contributed by atoms with Crippen LogP contribution in [0.15, 0.2) is 42.5 Å². The Labute approximate surface area is 153 Å². The van der Waals surface area contributed by atoms with Crippen LogP contribution in [0.3, 0.4) is 0 Å². The lowest BCUT2D eigenvalue weighted by Gasteiger charge is -2.14. The average Bonchev–Trinajstić information content (AvgIpc) is 2.61. The molecule has 0 saturated heterocycles. The van der Waals surface area contributed by atoms with Crippen LogP contribution < -0.4 is 5.32 Å². The number of esters is 1. The van der Waals surface area contributed by atoms with Gasteiger partial charge in [-0.15, -0.1) is 0 Å². The number of hydrogen-bond donors (Lipinski definition) is 1. The van der Waals surface area contributed by atoms with E-state index in [0.29, 0.717) is 5.69 Å². The smallest absolute Gasteiger partial charge is 0.345 e. The van der Waals surface area contributed by atoms with Gasteiger partial charge in [-0.3, -0.25) is 14.9 Å². The summed E-state index contributed by atoms with van der Waals surface area (Å²) in [5, 5.41) is 22.4. The van der Waals surface area contributed by atoms with Gasteiger partial charge in [0.2, 0.25) is 0 Å². The first-order chi connectivity index (χ1) is 12.3. The molecule has 0 unspecified atom stereocenters. The van der Waals surface area contributed by atoms with Crippen LogP contribution >= 0.6 is 11.6 Å². The van der Waals surface area contributed by atoms with Crippen molar-refractivity contribution in [2.24, 2.45) is 0 Å². The van der Waals surface area contributed by atoms with Crippen LogP contribution in [-0.2, 0) is 9.53 Å². The fourth-order valence-electron chi connectivity index (χ4n) is 2.01. The van der Waals surface area contributed by atoms with Gasteiger partial charge in [0.25, 0.3) is 11.6 Å². The molecule has 9 heteroatoms. The Morgan fingerprint density at radius 2 is 2.00 bits per heavy atom. The van der Waals surface area contributed by atoms with Crippen molar-refractivity contribution in [3.05, 3.63) is 68.7 Å². The molecule has 0 fully saturated rings. The Morgan fingerprint density at radius 1 is 1.31 bits per heavy atom. The van der Waals surface area contributed by atoms with Gasteiger partial charge >= 0.3 is 5.97 Å². The molecule has 2 aromatic rings. The third-order valence-electron chi connectivity index (χ3n) is 3.33. The molecule has 0 bridgehead atoms. The molecule has 26 heavy (non-hydrogen) atoms. The van der Waals surface area contributed by atoms with E-state index in [1.54, 1.807) is 0 Å². The maximum absolute atomic E-state index is 12.1. The van der Waals surface area contributed by atoms with Gasteiger partial charge in [0.15, 0.2) is 6.10 Å². The van der Waals surface area contributed by atoms with Crippen molar-refractivity contribution in [3.63, 3.8) is 0 Å². The molecule has 0 aliphatic heterocycles. The number of benzene rings is 2. The van der Waals surface area contributed by atoms with E-state index in [-0.39, 0.29) is 16.1 Å². The second kappa shape index (κ2) is 8.09. The van der Waals surface area contributed by atoms with Crippen molar-refractivity contribution in [2.75, 3.05) is 5.32 Å². The Morgan fingerprint density at radius 3 is 2.62 bits per heavy atom. The van der Waals surface area contributed by atoms with Gasteiger partial charge in [0.1, 0.15) is 11.6 Å². The number of hydrogen-bond acceptors (Lipinski definition) is 6. The highest BCUT2D eigenvalue weighted by Gasteiger charge is 2.25. The number of nitro benzene ring substituents is 1. The third-order valence-corrected chi connectivity index (χ3v) is 3.64. The van der Waals surface area contributed by atoms with Gasteiger partial charge in [-0.2, -0.15) is 5.26 Å². The first kappa shape index (κ1) is 18.9. The summed E-state index contributed by atoms with van der Waals surface area (Å²) in [4.78, 5) is 34.5. The molecular weight excluding hydrogens is 362 g/mol. The highest BCUT2D eigenvalue weighted by Crippen LogP contribution is 2.21. The molecule has 0 saturated carbocycles. The number of amides is 1. The minimum absolute atomic E-state index is 0.162. The van der Waals surface area contributed by atoms with Gasteiger partial charge in [-0.1, -0.05) is 23.7 Å². The summed E-state index contributed by atoms with van der Waals surface area (Å²) in [5.41, 5.74) is -0.101. The van der Waals surface area contributed by atoms with Gasteiger partial charge in [-0.05, 0) is 31.2 Å². The molecule has 0 aliphatic carbocycles. The molecule has 0 radical (unpaired) electrons. The number of para-hydroxylation sites is 1. The van der Waals surface area contributed by atoms with E-state index in [0.717, 1.165) is 0 Å². The number of halogens is 1. The van der Waals surface area contributed by atoms with E-state index >= 15 is 0 Å². The zero-order valence-electron chi connectivity index (χ0n) is 13.4. The molecular formula is C17H12ClN3O5. The number of nitrogens with one attached hydrogen (secondary N) is 1. The van der Waals surface area contributed by atoms with Crippen molar-refractivity contribution >= 4 is 34.9 Å². The number of rotatable bonds is 5. The molecule has 1 N–H and O–H groups in total. The second-order valence-electron chi connectivity index (χ2n) is 5.12. The van der Waals surface area contributed by atoms with Crippen molar-refractivity contribution < 1.29 is 19.2 Å². The maximum Gasteiger partial charge on any atom is 0.345 e. The summed E-state index contributed by atoms with van der Waals surface area (Å²) in [5.74, 6) is -1.64. The molecule has 0 spiro atoms. The van der Waals surface area contributed by atoms with Gasteiger partial charge in [0, 0.05) is 11.8 Å². The van der Waals surface area contributed by atoms with Crippen molar-refractivity contribution in [1.29, 1.82) is 5.26 Å². The van der Waals surface area contributed by atoms with E-state index in [9.17, 15) is 19.7 Å². The number of anilines is 1. The molecule has 0 aliphatic rings. The molecule has 0 aromatic heterocycles. The predicted octanol–water partition coefficient (Wildman–Crippen LogP) is 3.30. The SMILES string of the molecule is C[C@H](OC(=O)c1ccccc1[N+](=O)[O-])C(=O)Nc1ccc(C#N)c(Cl)c1. The summed E-state index contributed by atoms with van der Waals surface area (Å²) in [6.07, 6.45) is -1.21. The number of nitrogens with zero attached hydrogens (tertiary/aromatic N) is 2. The highest BCUT2D eigenvalue weighted by molar-refractivity contribution is 6.32. The van der Waals surface area contributed by atoms with Gasteiger partial charge in [-0.25, -0.2) is 4.79 Å². The number of nitriles is 1. The monoisotopic (exact) mass is 373 g/mol. The number of nitro groups is 1. The van der Waals surface area contributed by atoms with E-state index in [4.69, 9.17) is 21.6 Å². The quantitative estimate of drug-likeness (QED) is 0.487. The van der Waals surface area contributed by atoms with E-state index < -0.39 is 28.6 Å². The van der Waals surface area contributed by atoms with Crippen LogP contribution in [0.2, 0.25) is 5.02 Å². The van der Waals surface area contributed by atoms with Crippen LogP contribution in [0.4, 0.5) is 11.4 Å². The maximum atomic E-state index is 12.1. The molecule has 8 nitrogen and oxygen atoms in total. The van der Waals surface area contributed by atoms with Crippen LogP contribution in [-0.4, -0.2) is 22.9 Å². The van der Waals surface area contributed by atoms with E-state index in [1.165, 1.54) is 49.4 Å². The van der Waals surface area contributed by atoms with E-state index in [1.807, 2.05) is 6.07 Å². The molecule has 2 rings (SSSR count). The number of carbonyl (C=O) groups excluding carboxylic acids is 2. The van der Waals surface area contributed by atoms with Gasteiger partial charge in [0.05, 0.1) is 15.5 Å². The summed E-state index contributed by atoms with van der Waals surface area (Å²) < 4.78 is 5.00.